The summed E-state index contributed by atoms with van der Waals surface area (Å²) in [7, 11) is 0. The van der Waals surface area contributed by atoms with Gasteiger partial charge in [-0.15, -0.1) is 0 Å². The maximum atomic E-state index is 5.22. The lowest BCUT2D eigenvalue weighted by atomic mass is 10.4. The second-order valence-corrected chi connectivity index (χ2v) is 1.97. The van der Waals surface area contributed by atoms with Crippen LogP contribution in [-0.2, 0) is 9.47 Å². The first-order chi connectivity index (χ1) is 4.81. The minimum atomic E-state index is 0.0987. The lowest BCUT2D eigenvalue weighted by Crippen LogP contribution is -2.19. The largest absolute Gasteiger partial charge is 0.499 e. The molecular weight excluding hydrogens is 130 g/mol. The van der Waals surface area contributed by atoms with Gasteiger partial charge in [-0.3, -0.25) is 0 Å². The average Bonchev–Trinajstić information content (AvgIpc) is 1.97. The smallest absolute Gasteiger partial charge is 0.113 e. The van der Waals surface area contributed by atoms with Crippen LogP contribution in [0.1, 0.15) is 6.92 Å². The summed E-state index contributed by atoms with van der Waals surface area (Å²) in [6.07, 6.45) is 1.50. The van der Waals surface area contributed by atoms with Crippen molar-refractivity contribution in [2.45, 2.75) is 13.0 Å². The second-order valence-electron chi connectivity index (χ2n) is 1.97. The van der Waals surface area contributed by atoms with Crippen molar-refractivity contribution in [2.24, 2.45) is 5.73 Å². The first-order valence-corrected chi connectivity index (χ1v) is 3.35. The van der Waals surface area contributed by atoms with E-state index >= 15 is 0 Å². The Balaban J connectivity index is 3.07. The minimum absolute atomic E-state index is 0.0987. The molecule has 0 aromatic heterocycles. The molecule has 3 nitrogen and oxygen atoms in total. The van der Waals surface area contributed by atoms with E-state index in [1.54, 1.807) is 0 Å². The molecule has 0 saturated carbocycles. The summed E-state index contributed by atoms with van der Waals surface area (Å²) in [4.78, 5) is 0. The molecule has 0 heterocycles. The summed E-state index contributed by atoms with van der Waals surface area (Å²) in [5, 5.41) is 0. The Morgan fingerprint density at radius 2 is 2.40 bits per heavy atom. The van der Waals surface area contributed by atoms with Crippen molar-refractivity contribution in [1.29, 1.82) is 0 Å². The van der Waals surface area contributed by atoms with Crippen LogP contribution >= 0.6 is 0 Å². The number of nitrogens with two attached hydrogens (primary N) is 1. The molecule has 0 aliphatic rings. The SMILES string of the molecule is C=COCC(C)OCCN. The zero-order chi connectivity index (χ0) is 7.82. The summed E-state index contributed by atoms with van der Waals surface area (Å²) >= 11 is 0. The van der Waals surface area contributed by atoms with Crippen molar-refractivity contribution in [3.8, 4) is 0 Å². The van der Waals surface area contributed by atoms with Gasteiger partial charge in [0.1, 0.15) is 6.61 Å². The molecular formula is C7H15NO2. The molecule has 1 unspecified atom stereocenters. The molecule has 2 N–H and O–H groups in total. The highest BCUT2D eigenvalue weighted by atomic mass is 16.5. The third-order valence-electron chi connectivity index (χ3n) is 0.969. The maximum absolute atomic E-state index is 5.22. The fraction of sp³-hybridized carbons (Fsp3) is 0.714. The highest BCUT2D eigenvalue weighted by Crippen LogP contribution is 1.90. The third-order valence-corrected chi connectivity index (χ3v) is 0.969. The molecule has 3 heteroatoms. The van der Waals surface area contributed by atoms with Crippen molar-refractivity contribution >= 4 is 0 Å². The fourth-order valence-corrected chi connectivity index (χ4v) is 0.521. The van der Waals surface area contributed by atoms with E-state index in [1.807, 2.05) is 6.92 Å². The Labute approximate surface area is 61.8 Å². The van der Waals surface area contributed by atoms with Gasteiger partial charge in [0.15, 0.2) is 0 Å². The molecule has 0 rings (SSSR count). The summed E-state index contributed by atoms with van der Waals surface area (Å²) < 4.78 is 10.1. The molecule has 0 fully saturated rings. The third kappa shape index (κ3) is 5.59. The van der Waals surface area contributed by atoms with E-state index in [0.717, 1.165) is 0 Å². The van der Waals surface area contributed by atoms with Crippen LogP contribution in [0, 0.1) is 0 Å². The van der Waals surface area contributed by atoms with E-state index in [0.29, 0.717) is 19.8 Å². The Bertz CT molecular complexity index is 85.7. The van der Waals surface area contributed by atoms with Crippen molar-refractivity contribution in [1.82, 2.24) is 0 Å². The summed E-state index contributed by atoms with van der Waals surface area (Å²) in [6, 6.07) is 0. The van der Waals surface area contributed by atoms with E-state index in [4.69, 9.17) is 15.2 Å². The first-order valence-electron chi connectivity index (χ1n) is 3.35. The maximum Gasteiger partial charge on any atom is 0.113 e. The van der Waals surface area contributed by atoms with Gasteiger partial charge in [-0.1, -0.05) is 6.58 Å². The summed E-state index contributed by atoms with van der Waals surface area (Å²) in [5.41, 5.74) is 5.22. The lowest BCUT2D eigenvalue weighted by Gasteiger charge is -2.10. The van der Waals surface area contributed by atoms with Gasteiger partial charge in [-0.05, 0) is 6.92 Å². The molecule has 0 aromatic rings. The van der Waals surface area contributed by atoms with E-state index in [9.17, 15) is 0 Å². The van der Waals surface area contributed by atoms with Gasteiger partial charge in [0, 0.05) is 6.54 Å². The van der Waals surface area contributed by atoms with Crippen molar-refractivity contribution in [3.63, 3.8) is 0 Å². The Hall–Kier alpha value is -0.540. The van der Waals surface area contributed by atoms with Gasteiger partial charge in [-0.25, -0.2) is 0 Å². The summed E-state index contributed by atoms with van der Waals surface area (Å²) in [6.45, 7) is 7.02. The van der Waals surface area contributed by atoms with Crippen LogP contribution in [0.15, 0.2) is 12.8 Å². The van der Waals surface area contributed by atoms with E-state index in [2.05, 4.69) is 6.58 Å². The highest BCUT2D eigenvalue weighted by molar-refractivity contribution is 4.53. The van der Waals surface area contributed by atoms with Crippen LogP contribution in [0.5, 0.6) is 0 Å². The molecule has 60 valence electrons. The first kappa shape index (κ1) is 9.46. The minimum Gasteiger partial charge on any atom is -0.499 e. The van der Waals surface area contributed by atoms with Crippen LogP contribution in [0.3, 0.4) is 0 Å². The average molecular weight is 145 g/mol. The van der Waals surface area contributed by atoms with Crippen LogP contribution in [0.4, 0.5) is 0 Å². The number of hydrogen-bond acceptors (Lipinski definition) is 3. The quantitative estimate of drug-likeness (QED) is 0.554. The fourth-order valence-electron chi connectivity index (χ4n) is 0.521. The van der Waals surface area contributed by atoms with Gasteiger partial charge < -0.3 is 15.2 Å². The topological polar surface area (TPSA) is 44.5 Å². The predicted molar refractivity (Wildman–Crippen MR) is 40.6 cm³/mol. The molecule has 0 bridgehead atoms. The van der Waals surface area contributed by atoms with Crippen LogP contribution in [0.25, 0.3) is 0 Å². The number of hydrogen-bond donors (Lipinski definition) is 1. The molecule has 1 atom stereocenters. The van der Waals surface area contributed by atoms with E-state index < -0.39 is 0 Å². The van der Waals surface area contributed by atoms with Crippen molar-refractivity contribution in [2.75, 3.05) is 19.8 Å². The van der Waals surface area contributed by atoms with Gasteiger partial charge >= 0.3 is 0 Å². The second kappa shape index (κ2) is 6.58. The normalized spacial score (nSPS) is 12.6. The van der Waals surface area contributed by atoms with Crippen LogP contribution in [0.2, 0.25) is 0 Å². The summed E-state index contributed by atoms with van der Waals surface area (Å²) in [5.74, 6) is 0. The molecule has 0 saturated heterocycles. The zero-order valence-corrected chi connectivity index (χ0v) is 6.38. The lowest BCUT2D eigenvalue weighted by molar-refractivity contribution is 0.0242. The Morgan fingerprint density at radius 3 is 2.90 bits per heavy atom. The molecule has 10 heavy (non-hydrogen) atoms. The van der Waals surface area contributed by atoms with Crippen molar-refractivity contribution < 1.29 is 9.47 Å². The molecule has 0 aliphatic carbocycles. The van der Waals surface area contributed by atoms with Gasteiger partial charge in [-0.2, -0.15) is 0 Å². The van der Waals surface area contributed by atoms with E-state index in [-0.39, 0.29) is 6.10 Å². The standard InChI is InChI=1S/C7H15NO2/c1-3-9-6-7(2)10-5-4-8/h3,7H,1,4-6,8H2,2H3. The predicted octanol–water partition coefficient (Wildman–Crippen LogP) is 0.510. The van der Waals surface area contributed by atoms with Gasteiger partial charge in [0.25, 0.3) is 0 Å². The van der Waals surface area contributed by atoms with Crippen LogP contribution < -0.4 is 5.73 Å². The Morgan fingerprint density at radius 1 is 1.70 bits per heavy atom. The molecule has 0 aliphatic heterocycles. The molecule has 0 radical (unpaired) electrons. The number of rotatable bonds is 6. The van der Waals surface area contributed by atoms with Gasteiger partial charge in [0.2, 0.25) is 0 Å². The Kier molecular flexibility index (Phi) is 6.22. The monoisotopic (exact) mass is 145 g/mol. The van der Waals surface area contributed by atoms with Crippen molar-refractivity contribution in [3.05, 3.63) is 12.8 Å². The molecule has 0 spiro atoms. The van der Waals surface area contributed by atoms with Gasteiger partial charge in [0.05, 0.1) is 19.0 Å². The zero-order valence-electron chi connectivity index (χ0n) is 6.38. The number of ether oxygens (including phenoxy) is 2. The molecule has 0 amide bonds. The molecule has 0 aromatic carbocycles. The van der Waals surface area contributed by atoms with E-state index in [1.165, 1.54) is 6.26 Å². The van der Waals surface area contributed by atoms with Crippen LogP contribution in [-0.4, -0.2) is 25.9 Å². The highest BCUT2D eigenvalue weighted by Gasteiger charge is 1.98.